The van der Waals surface area contributed by atoms with Gasteiger partial charge in [-0.25, -0.2) is 0 Å². The lowest BCUT2D eigenvalue weighted by molar-refractivity contribution is -0.126. The number of ether oxygens (including phenoxy) is 2. The summed E-state index contributed by atoms with van der Waals surface area (Å²) in [5.41, 5.74) is 0. The zero-order valence-corrected chi connectivity index (χ0v) is 13.6. The van der Waals surface area contributed by atoms with Gasteiger partial charge in [0, 0.05) is 19.5 Å². The van der Waals surface area contributed by atoms with E-state index in [4.69, 9.17) is 9.47 Å². The van der Waals surface area contributed by atoms with E-state index in [2.05, 4.69) is 10.2 Å². The molecule has 0 radical (unpaired) electrons. The molecular weight excluding hydrogens is 280 g/mol. The number of carbonyl (C=O) groups is 1. The molecule has 0 aromatic rings. The number of nitrogens with zero attached hydrogens (tertiary/aromatic N) is 1. The predicted molar refractivity (Wildman–Crippen MR) is 84.5 cm³/mol. The van der Waals surface area contributed by atoms with E-state index in [0.717, 1.165) is 38.9 Å². The quantitative estimate of drug-likeness (QED) is 0.814. The van der Waals surface area contributed by atoms with Crippen LogP contribution in [0.3, 0.4) is 0 Å². The SMILES string of the molecule is O=C(NCC1CCCCC1)[C@H]1CCCN1CCC1OCCO1. The molecule has 0 spiro atoms. The fourth-order valence-electron chi connectivity index (χ4n) is 3.99. The van der Waals surface area contributed by atoms with Gasteiger partial charge in [0.15, 0.2) is 6.29 Å². The van der Waals surface area contributed by atoms with Crippen molar-refractivity contribution in [1.29, 1.82) is 0 Å². The van der Waals surface area contributed by atoms with E-state index in [1.807, 2.05) is 0 Å². The molecule has 1 amide bonds. The summed E-state index contributed by atoms with van der Waals surface area (Å²) in [7, 11) is 0. The van der Waals surface area contributed by atoms with Gasteiger partial charge in [-0.2, -0.15) is 0 Å². The summed E-state index contributed by atoms with van der Waals surface area (Å²) in [5.74, 6) is 0.934. The Bertz CT molecular complexity index is 352. The van der Waals surface area contributed by atoms with E-state index in [0.29, 0.717) is 19.1 Å². The number of hydrogen-bond donors (Lipinski definition) is 1. The molecule has 0 unspecified atom stereocenters. The van der Waals surface area contributed by atoms with E-state index < -0.39 is 0 Å². The van der Waals surface area contributed by atoms with Crippen molar-refractivity contribution in [3.05, 3.63) is 0 Å². The normalized spacial score (nSPS) is 28.3. The molecule has 2 aliphatic heterocycles. The minimum absolute atomic E-state index is 0.0602. The van der Waals surface area contributed by atoms with Crippen molar-refractivity contribution < 1.29 is 14.3 Å². The first-order chi connectivity index (χ1) is 10.8. The van der Waals surface area contributed by atoms with Crippen molar-refractivity contribution in [3.8, 4) is 0 Å². The van der Waals surface area contributed by atoms with Crippen molar-refractivity contribution >= 4 is 5.91 Å². The van der Waals surface area contributed by atoms with Crippen molar-refractivity contribution in [2.24, 2.45) is 5.92 Å². The topological polar surface area (TPSA) is 50.8 Å². The van der Waals surface area contributed by atoms with Gasteiger partial charge in [0.05, 0.1) is 19.3 Å². The van der Waals surface area contributed by atoms with Crippen LogP contribution < -0.4 is 5.32 Å². The highest BCUT2D eigenvalue weighted by Gasteiger charge is 2.31. The molecule has 2 heterocycles. The Balaban J connectivity index is 1.39. The lowest BCUT2D eigenvalue weighted by Crippen LogP contribution is -2.45. The molecule has 3 rings (SSSR count). The van der Waals surface area contributed by atoms with Crippen molar-refractivity contribution in [3.63, 3.8) is 0 Å². The number of hydrogen-bond acceptors (Lipinski definition) is 4. The highest BCUT2D eigenvalue weighted by molar-refractivity contribution is 5.82. The number of amides is 1. The second kappa shape index (κ2) is 8.27. The zero-order valence-electron chi connectivity index (χ0n) is 13.6. The Morgan fingerprint density at radius 1 is 1.05 bits per heavy atom. The van der Waals surface area contributed by atoms with Crippen LogP contribution >= 0.6 is 0 Å². The average molecular weight is 310 g/mol. The molecule has 1 saturated carbocycles. The van der Waals surface area contributed by atoms with Crippen LogP contribution in [-0.2, 0) is 14.3 Å². The molecule has 1 aliphatic carbocycles. The minimum atomic E-state index is -0.0634. The van der Waals surface area contributed by atoms with Crippen molar-refractivity contribution in [2.45, 2.75) is 63.7 Å². The van der Waals surface area contributed by atoms with E-state index in [1.165, 1.54) is 32.1 Å². The Morgan fingerprint density at radius 2 is 1.82 bits per heavy atom. The summed E-state index contributed by atoms with van der Waals surface area (Å²) in [6, 6.07) is 0.0602. The van der Waals surface area contributed by atoms with Crippen LogP contribution in [-0.4, -0.2) is 56.0 Å². The summed E-state index contributed by atoms with van der Waals surface area (Å²) >= 11 is 0. The van der Waals surface area contributed by atoms with E-state index in [-0.39, 0.29) is 18.2 Å². The summed E-state index contributed by atoms with van der Waals surface area (Å²) in [6.45, 7) is 4.20. The summed E-state index contributed by atoms with van der Waals surface area (Å²) in [6.07, 6.45) is 9.51. The summed E-state index contributed by atoms with van der Waals surface area (Å²) in [4.78, 5) is 14.8. The van der Waals surface area contributed by atoms with Crippen LogP contribution in [0.1, 0.15) is 51.4 Å². The first-order valence-electron chi connectivity index (χ1n) is 9.08. The van der Waals surface area contributed by atoms with Crippen LogP contribution in [0.15, 0.2) is 0 Å². The largest absolute Gasteiger partial charge is 0.354 e. The van der Waals surface area contributed by atoms with Crippen LogP contribution in [0.2, 0.25) is 0 Å². The lowest BCUT2D eigenvalue weighted by Gasteiger charge is -2.26. The minimum Gasteiger partial charge on any atom is -0.354 e. The highest BCUT2D eigenvalue weighted by Crippen LogP contribution is 2.23. The number of carbonyl (C=O) groups excluding carboxylic acids is 1. The monoisotopic (exact) mass is 310 g/mol. The first kappa shape index (κ1) is 16.2. The van der Waals surface area contributed by atoms with Gasteiger partial charge in [-0.15, -0.1) is 0 Å². The second-order valence-corrected chi connectivity index (χ2v) is 6.90. The maximum absolute atomic E-state index is 12.5. The fourth-order valence-corrected chi connectivity index (χ4v) is 3.99. The third-order valence-electron chi connectivity index (χ3n) is 5.30. The summed E-state index contributed by atoms with van der Waals surface area (Å²) in [5, 5.41) is 3.21. The predicted octanol–water partition coefficient (Wildman–Crippen LogP) is 1.91. The van der Waals surface area contributed by atoms with Gasteiger partial charge in [0.2, 0.25) is 5.91 Å². The molecule has 5 heteroatoms. The van der Waals surface area contributed by atoms with Gasteiger partial charge in [-0.3, -0.25) is 9.69 Å². The molecule has 2 saturated heterocycles. The molecule has 0 bridgehead atoms. The maximum atomic E-state index is 12.5. The van der Waals surface area contributed by atoms with E-state index >= 15 is 0 Å². The molecule has 5 nitrogen and oxygen atoms in total. The van der Waals surface area contributed by atoms with E-state index in [9.17, 15) is 4.79 Å². The van der Waals surface area contributed by atoms with Crippen LogP contribution in [0.4, 0.5) is 0 Å². The Labute approximate surface area is 133 Å². The molecule has 0 aromatic heterocycles. The second-order valence-electron chi connectivity index (χ2n) is 6.90. The molecule has 1 atom stereocenters. The van der Waals surface area contributed by atoms with Gasteiger partial charge >= 0.3 is 0 Å². The molecule has 3 aliphatic rings. The summed E-state index contributed by atoms with van der Waals surface area (Å²) < 4.78 is 11.0. The number of rotatable bonds is 6. The smallest absolute Gasteiger partial charge is 0.237 e. The maximum Gasteiger partial charge on any atom is 0.237 e. The molecular formula is C17H30N2O3. The number of likely N-dealkylation sites (tertiary alicyclic amines) is 1. The van der Waals surface area contributed by atoms with Gasteiger partial charge in [-0.1, -0.05) is 19.3 Å². The van der Waals surface area contributed by atoms with Gasteiger partial charge in [0.25, 0.3) is 0 Å². The van der Waals surface area contributed by atoms with Crippen LogP contribution in [0, 0.1) is 5.92 Å². The highest BCUT2D eigenvalue weighted by atomic mass is 16.7. The van der Waals surface area contributed by atoms with Crippen LogP contribution in [0.5, 0.6) is 0 Å². The third-order valence-corrected chi connectivity index (χ3v) is 5.30. The zero-order chi connectivity index (χ0) is 15.2. The Kier molecular flexibility index (Phi) is 6.10. The Morgan fingerprint density at radius 3 is 2.59 bits per heavy atom. The fraction of sp³-hybridized carbons (Fsp3) is 0.941. The Hall–Kier alpha value is -0.650. The molecule has 0 aromatic carbocycles. The standard InChI is InChI=1S/C17H30N2O3/c20-17(18-13-14-5-2-1-3-6-14)15-7-4-9-19(15)10-8-16-21-11-12-22-16/h14-16H,1-13H2,(H,18,20)/t15-/m1/s1. The van der Waals surface area contributed by atoms with Gasteiger partial charge in [-0.05, 0) is 38.1 Å². The number of nitrogens with one attached hydrogen (secondary N) is 1. The van der Waals surface area contributed by atoms with Gasteiger partial charge < -0.3 is 14.8 Å². The molecule has 126 valence electrons. The average Bonchev–Trinajstić information content (AvgIpc) is 3.22. The van der Waals surface area contributed by atoms with Crippen molar-refractivity contribution in [2.75, 3.05) is 32.8 Å². The van der Waals surface area contributed by atoms with E-state index in [1.54, 1.807) is 0 Å². The third kappa shape index (κ3) is 4.43. The first-order valence-corrected chi connectivity index (χ1v) is 9.08. The molecule has 1 N–H and O–H groups in total. The van der Waals surface area contributed by atoms with Gasteiger partial charge in [0.1, 0.15) is 0 Å². The molecule has 22 heavy (non-hydrogen) atoms. The molecule has 3 fully saturated rings. The van der Waals surface area contributed by atoms with Crippen LogP contribution in [0.25, 0.3) is 0 Å². The lowest BCUT2D eigenvalue weighted by atomic mass is 9.89. The van der Waals surface area contributed by atoms with Crippen molar-refractivity contribution in [1.82, 2.24) is 10.2 Å².